The van der Waals surface area contributed by atoms with Crippen molar-refractivity contribution in [3.05, 3.63) is 26.7 Å². The van der Waals surface area contributed by atoms with Crippen LogP contribution in [0.2, 0.25) is 0 Å². The molecule has 2 aromatic heterocycles. The van der Waals surface area contributed by atoms with Crippen molar-refractivity contribution in [3.8, 4) is 0 Å². The van der Waals surface area contributed by atoms with Crippen molar-refractivity contribution >= 4 is 39.5 Å². The standard InChI is InChI=1S/C15H18N4O2S2/c1-15(2)5-8-12(10(20)6-15)23-14(18-8)19-13(21)9-7-22-11(17-9)3-4-16/h7H,3-6,16H2,1-2H3,(H,18,19,21). The lowest BCUT2D eigenvalue weighted by Gasteiger charge is -2.26. The second-order valence-electron chi connectivity index (χ2n) is 6.36. The van der Waals surface area contributed by atoms with Crippen LogP contribution in [0.1, 0.15) is 51.1 Å². The third-order valence-electron chi connectivity index (χ3n) is 3.60. The summed E-state index contributed by atoms with van der Waals surface area (Å²) in [5.74, 6) is -0.199. The topological polar surface area (TPSA) is 98.0 Å². The van der Waals surface area contributed by atoms with Gasteiger partial charge in [0.1, 0.15) is 5.69 Å². The largest absolute Gasteiger partial charge is 0.330 e. The predicted octanol–water partition coefficient (Wildman–Crippen LogP) is 2.51. The van der Waals surface area contributed by atoms with Crippen LogP contribution in [0.3, 0.4) is 0 Å². The molecule has 23 heavy (non-hydrogen) atoms. The first-order chi connectivity index (χ1) is 10.9. The molecule has 1 aliphatic carbocycles. The molecule has 3 N–H and O–H groups in total. The number of aromatic nitrogens is 2. The van der Waals surface area contributed by atoms with Crippen molar-refractivity contribution in [2.24, 2.45) is 11.1 Å². The Morgan fingerprint density at radius 2 is 2.17 bits per heavy atom. The normalized spacial score (nSPS) is 16.2. The SMILES string of the molecule is CC1(C)CC(=O)c2sc(NC(=O)c3csc(CCN)n3)nc2C1. The van der Waals surface area contributed by atoms with Crippen LogP contribution < -0.4 is 11.1 Å². The minimum Gasteiger partial charge on any atom is -0.330 e. The number of hydrogen-bond donors (Lipinski definition) is 2. The van der Waals surface area contributed by atoms with E-state index in [4.69, 9.17) is 5.73 Å². The van der Waals surface area contributed by atoms with Gasteiger partial charge in [-0.05, 0) is 18.4 Å². The number of nitrogens with two attached hydrogens (primary N) is 1. The van der Waals surface area contributed by atoms with Crippen molar-refractivity contribution in [2.75, 3.05) is 11.9 Å². The highest BCUT2D eigenvalue weighted by Gasteiger charge is 2.34. The first-order valence-corrected chi connectivity index (χ1v) is 9.06. The van der Waals surface area contributed by atoms with E-state index in [9.17, 15) is 9.59 Å². The molecule has 6 nitrogen and oxygen atoms in total. The van der Waals surface area contributed by atoms with Crippen molar-refractivity contribution in [1.29, 1.82) is 0 Å². The van der Waals surface area contributed by atoms with Gasteiger partial charge in [0.15, 0.2) is 10.9 Å². The zero-order chi connectivity index (χ0) is 16.6. The van der Waals surface area contributed by atoms with E-state index < -0.39 is 0 Å². The molecule has 0 radical (unpaired) electrons. The van der Waals surface area contributed by atoms with Gasteiger partial charge in [0.05, 0.1) is 15.6 Å². The summed E-state index contributed by atoms with van der Waals surface area (Å²) in [5, 5.41) is 5.76. The lowest BCUT2D eigenvalue weighted by Crippen LogP contribution is -2.26. The molecule has 0 aliphatic heterocycles. The van der Waals surface area contributed by atoms with E-state index >= 15 is 0 Å². The molecular weight excluding hydrogens is 332 g/mol. The fraction of sp³-hybridized carbons (Fsp3) is 0.467. The number of carbonyl (C=O) groups excluding carboxylic acids is 2. The molecule has 122 valence electrons. The number of Topliss-reactive ketones (excluding diaryl/α,β-unsaturated/α-hetero) is 1. The Kier molecular flexibility index (Phi) is 4.31. The lowest BCUT2D eigenvalue weighted by molar-refractivity contribution is 0.0915. The van der Waals surface area contributed by atoms with Crippen molar-refractivity contribution < 1.29 is 9.59 Å². The first kappa shape index (κ1) is 16.2. The van der Waals surface area contributed by atoms with E-state index in [1.807, 2.05) is 0 Å². The summed E-state index contributed by atoms with van der Waals surface area (Å²) in [4.78, 5) is 33.8. The zero-order valence-corrected chi connectivity index (χ0v) is 14.6. The molecule has 1 amide bonds. The predicted molar refractivity (Wildman–Crippen MR) is 91.4 cm³/mol. The highest BCUT2D eigenvalue weighted by atomic mass is 32.1. The Balaban J connectivity index is 1.76. The van der Waals surface area contributed by atoms with Gasteiger partial charge in [0.25, 0.3) is 5.91 Å². The van der Waals surface area contributed by atoms with Crippen LogP contribution >= 0.6 is 22.7 Å². The smallest absolute Gasteiger partial charge is 0.276 e. The average molecular weight is 350 g/mol. The van der Waals surface area contributed by atoms with Crippen LogP contribution in [-0.4, -0.2) is 28.2 Å². The molecule has 2 aromatic rings. The van der Waals surface area contributed by atoms with E-state index in [2.05, 4.69) is 29.1 Å². The van der Waals surface area contributed by atoms with Gasteiger partial charge in [-0.25, -0.2) is 9.97 Å². The summed E-state index contributed by atoms with van der Waals surface area (Å²) in [6, 6.07) is 0. The summed E-state index contributed by atoms with van der Waals surface area (Å²) < 4.78 is 0. The van der Waals surface area contributed by atoms with Gasteiger partial charge in [-0.15, -0.1) is 11.3 Å². The summed E-state index contributed by atoms with van der Waals surface area (Å²) in [5.41, 5.74) is 6.55. The Morgan fingerprint density at radius 3 is 2.91 bits per heavy atom. The molecule has 0 saturated carbocycles. The number of amides is 1. The van der Waals surface area contributed by atoms with Gasteiger partial charge in [-0.2, -0.15) is 0 Å². The van der Waals surface area contributed by atoms with Gasteiger partial charge in [-0.1, -0.05) is 25.2 Å². The highest BCUT2D eigenvalue weighted by molar-refractivity contribution is 7.17. The maximum Gasteiger partial charge on any atom is 0.276 e. The Labute approximate surface area is 142 Å². The van der Waals surface area contributed by atoms with Crippen LogP contribution in [0.15, 0.2) is 5.38 Å². The molecule has 8 heteroatoms. The minimum absolute atomic E-state index is 0.0779. The minimum atomic E-state index is -0.303. The van der Waals surface area contributed by atoms with Crippen LogP contribution in [0.4, 0.5) is 5.13 Å². The van der Waals surface area contributed by atoms with Crippen molar-refractivity contribution in [2.45, 2.75) is 33.1 Å². The molecule has 0 aromatic carbocycles. The van der Waals surface area contributed by atoms with Crippen LogP contribution in [-0.2, 0) is 12.8 Å². The van der Waals surface area contributed by atoms with E-state index in [1.54, 1.807) is 5.38 Å². The van der Waals surface area contributed by atoms with E-state index in [-0.39, 0.29) is 17.1 Å². The third-order valence-corrected chi connectivity index (χ3v) is 5.56. The number of rotatable bonds is 4. The molecule has 0 spiro atoms. The molecule has 3 rings (SSSR count). The van der Waals surface area contributed by atoms with E-state index in [0.717, 1.165) is 17.1 Å². The van der Waals surface area contributed by atoms with Crippen LogP contribution in [0.25, 0.3) is 0 Å². The molecule has 0 atom stereocenters. The fourth-order valence-corrected chi connectivity index (χ4v) is 4.30. The number of anilines is 1. The summed E-state index contributed by atoms with van der Waals surface area (Å²) in [6.07, 6.45) is 1.93. The van der Waals surface area contributed by atoms with Crippen LogP contribution in [0.5, 0.6) is 0 Å². The average Bonchev–Trinajstić information content (AvgIpc) is 3.05. The molecule has 1 aliphatic rings. The van der Waals surface area contributed by atoms with Crippen molar-refractivity contribution in [3.63, 3.8) is 0 Å². The van der Waals surface area contributed by atoms with Gasteiger partial charge in [0, 0.05) is 18.2 Å². The molecule has 0 unspecified atom stereocenters. The fourth-order valence-electron chi connectivity index (χ4n) is 2.59. The monoisotopic (exact) mass is 350 g/mol. The quantitative estimate of drug-likeness (QED) is 0.883. The Bertz CT molecular complexity index is 763. The molecule has 0 fully saturated rings. The number of hydrogen-bond acceptors (Lipinski definition) is 7. The van der Waals surface area contributed by atoms with Gasteiger partial charge in [0.2, 0.25) is 0 Å². The van der Waals surface area contributed by atoms with Gasteiger partial charge in [-0.3, -0.25) is 14.9 Å². The second-order valence-corrected chi connectivity index (χ2v) is 8.30. The van der Waals surface area contributed by atoms with Crippen molar-refractivity contribution in [1.82, 2.24) is 9.97 Å². The van der Waals surface area contributed by atoms with Crippen LogP contribution in [0, 0.1) is 5.41 Å². The van der Waals surface area contributed by atoms with E-state index in [0.29, 0.717) is 35.1 Å². The maximum absolute atomic E-state index is 12.2. The second kappa shape index (κ2) is 6.10. The summed E-state index contributed by atoms with van der Waals surface area (Å²) >= 11 is 2.66. The summed E-state index contributed by atoms with van der Waals surface area (Å²) in [6.45, 7) is 4.62. The molecule has 0 bridgehead atoms. The number of nitrogens with zero attached hydrogens (tertiary/aromatic N) is 2. The first-order valence-electron chi connectivity index (χ1n) is 7.37. The number of nitrogens with one attached hydrogen (secondary N) is 1. The lowest BCUT2D eigenvalue weighted by atomic mass is 9.78. The Morgan fingerprint density at radius 1 is 1.39 bits per heavy atom. The van der Waals surface area contributed by atoms with Gasteiger partial charge >= 0.3 is 0 Å². The molecule has 0 saturated heterocycles. The zero-order valence-electron chi connectivity index (χ0n) is 13.0. The number of thiazole rings is 2. The number of ketones is 1. The summed E-state index contributed by atoms with van der Waals surface area (Å²) in [7, 11) is 0. The molecular formula is C15H18N4O2S2. The Hall–Kier alpha value is -1.64. The van der Waals surface area contributed by atoms with Gasteiger partial charge < -0.3 is 5.73 Å². The third kappa shape index (κ3) is 3.49. The highest BCUT2D eigenvalue weighted by Crippen LogP contribution is 2.38. The maximum atomic E-state index is 12.2. The number of carbonyl (C=O) groups is 2. The van der Waals surface area contributed by atoms with E-state index in [1.165, 1.54) is 22.7 Å². The number of fused-ring (bicyclic) bond motifs is 1. The molecule has 2 heterocycles.